The number of para-hydroxylation sites is 4. The Morgan fingerprint density at radius 1 is 1.14 bits per heavy atom. The molecule has 4 rings (SSSR count). The van der Waals surface area contributed by atoms with Gasteiger partial charge in [0.2, 0.25) is 5.91 Å². The van der Waals surface area contributed by atoms with Gasteiger partial charge in [-0.3, -0.25) is 9.59 Å². The molecule has 0 saturated heterocycles. The summed E-state index contributed by atoms with van der Waals surface area (Å²) in [5.74, 6) is 0.451. The van der Waals surface area contributed by atoms with Gasteiger partial charge in [0.15, 0.2) is 6.10 Å². The van der Waals surface area contributed by atoms with E-state index in [-0.39, 0.29) is 18.2 Å². The highest BCUT2D eigenvalue weighted by molar-refractivity contribution is 6.00. The number of imidazole rings is 1. The van der Waals surface area contributed by atoms with Crippen molar-refractivity contribution in [2.45, 2.75) is 26.0 Å². The van der Waals surface area contributed by atoms with Crippen molar-refractivity contribution in [2.75, 3.05) is 18.0 Å². The summed E-state index contributed by atoms with van der Waals surface area (Å²) in [6, 6.07) is 15.3. The second-order valence-corrected chi connectivity index (χ2v) is 6.74. The van der Waals surface area contributed by atoms with Crippen LogP contribution in [0.5, 0.6) is 5.75 Å². The second kappa shape index (κ2) is 7.72. The van der Waals surface area contributed by atoms with E-state index >= 15 is 0 Å². The van der Waals surface area contributed by atoms with Gasteiger partial charge in [-0.05, 0) is 31.2 Å². The minimum Gasteiger partial charge on any atom is -0.479 e. The SMILES string of the molecule is CC1Oc2ccccc2N(CCC(=O)NCCn2cnc3ccccc32)C1=O. The van der Waals surface area contributed by atoms with Crippen LogP contribution in [0.3, 0.4) is 0 Å². The van der Waals surface area contributed by atoms with E-state index in [1.807, 2.05) is 53.1 Å². The van der Waals surface area contributed by atoms with Crippen LogP contribution in [-0.2, 0) is 16.1 Å². The fraction of sp³-hybridized carbons (Fsp3) is 0.286. The van der Waals surface area contributed by atoms with Crippen LogP contribution in [0.4, 0.5) is 5.69 Å². The van der Waals surface area contributed by atoms with Gasteiger partial charge in [-0.1, -0.05) is 24.3 Å². The van der Waals surface area contributed by atoms with Crippen LogP contribution in [0.2, 0.25) is 0 Å². The van der Waals surface area contributed by atoms with Gasteiger partial charge in [-0.15, -0.1) is 0 Å². The quantitative estimate of drug-likeness (QED) is 0.714. The molecule has 28 heavy (non-hydrogen) atoms. The highest BCUT2D eigenvalue weighted by Gasteiger charge is 2.31. The third-order valence-corrected chi connectivity index (χ3v) is 4.84. The van der Waals surface area contributed by atoms with Crippen molar-refractivity contribution in [3.05, 3.63) is 54.9 Å². The van der Waals surface area contributed by atoms with Crippen molar-refractivity contribution < 1.29 is 14.3 Å². The predicted octanol–water partition coefficient (Wildman–Crippen LogP) is 2.36. The van der Waals surface area contributed by atoms with Crippen LogP contribution >= 0.6 is 0 Å². The summed E-state index contributed by atoms with van der Waals surface area (Å²) in [4.78, 5) is 30.7. The average molecular weight is 378 g/mol. The van der Waals surface area contributed by atoms with E-state index < -0.39 is 6.10 Å². The number of fused-ring (bicyclic) bond motifs is 2. The first-order chi connectivity index (χ1) is 13.6. The fourth-order valence-electron chi connectivity index (χ4n) is 3.40. The molecule has 7 heteroatoms. The van der Waals surface area contributed by atoms with Gasteiger partial charge in [0.25, 0.3) is 5.91 Å². The Labute approximate surface area is 162 Å². The molecule has 1 aliphatic heterocycles. The molecule has 2 heterocycles. The molecule has 0 fully saturated rings. The lowest BCUT2D eigenvalue weighted by molar-refractivity contribution is -0.125. The first-order valence-corrected chi connectivity index (χ1v) is 9.37. The maximum atomic E-state index is 12.5. The number of carbonyl (C=O) groups is 2. The molecule has 1 aromatic heterocycles. The number of amides is 2. The lowest BCUT2D eigenvalue weighted by atomic mass is 10.1. The van der Waals surface area contributed by atoms with Crippen LogP contribution < -0.4 is 15.0 Å². The van der Waals surface area contributed by atoms with Crippen LogP contribution in [0.15, 0.2) is 54.9 Å². The minimum absolute atomic E-state index is 0.0890. The van der Waals surface area contributed by atoms with Gasteiger partial charge in [-0.25, -0.2) is 4.98 Å². The molecule has 0 spiro atoms. The van der Waals surface area contributed by atoms with Crippen molar-refractivity contribution in [1.29, 1.82) is 0 Å². The number of hydrogen-bond donors (Lipinski definition) is 1. The van der Waals surface area contributed by atoms with E-state index in [1.54, 1.807) is 18.2 Å². The summed E-state index contributed by atoms with van der Waals surface area (Å²) in [5, 5.41) is 2.92. The van der Waals surface area contributed by atoms with Crippen LogP contribution in [0.1, 0.15) is 13.3 Å². The Kier molecular flexibility index (Phi) is 4.97. The van der Waals surface area contributed by atoms with E-state index in [2.05, 4.69) is 10.3 Å². The topological polar surface area (TPSA) is 76.5 Å². The standard InChI is InChI=1S/C21H22N4O3/c1-15-21(27)25(18-8-4-5-9-19(18)28-15)12-10-20(26)22-11-13-24-14-23-16-6-2-3-7-17(16)24/h2-9,14-15H,10-13H2,1H3,(H,22,26). The maximum absolute atomic E-state index is 12.5. The molecule has 2 aromatic carbocycles. The number of anilines is 1. The maximum Gasteiger partial charge on any atom is 0.267 e. The van der Waals surface area contributed by atoms with Crippen LogP contribution in [0, 0.1) is 0 Å². The monoisotopic (exact) mass is 378 g/mol. The zero-order chi connectivity index (χ0) is 19.5. The Morgan fingerprint density at radius 3 is 2.82 bits per heavy atom. The number of hydrogen-bond acceptors (Lipinski definition) is 4. The number of benzene rings is 2. The average Bonchev–Trinajstić information content (AvgIpc) is 3.12. The molecule has 1 atom stereocenters. The molecule has 7 nitrogen and oxygen atoms in total. The van der Waals surface area contributed by atoms with Crippen molar-refractivity contribution >= 4 is 28.5 Å². The molecule has 0 radical (unpaired) electrons. The molecule has 144 valence electrons. The van der Waals surface area contributed by atoms with Gasteiger partial charge in [-0.2, -0.15) is 0 Å². The van der Waals surface area contributed by atoms with E-state index in [4.69, 9.17) is 4.74 Å². The van der Waals surface area contributed by atoms with Crippen molar-refractivity contribution in [3.63, 3.8) is 0 Å². The highest BCUT2D eigenvalue weighted by Crippen LogP contribution is 2.33. The summed E-state index contributed by atoms with van der Waals surface area (Å²) < 4.78 is 7.63. The third-order valence-electron chi connectivity index (χ3n) is 4.84. The molecule has 0 aliphatic carbocycles. The molecular weight excluding hydrogens is 356 g/mol. The summed E-state index contributed by atoms with van der Waals surface area (Å²) in [6.07, 6.45) is 1.46. The zero-order valence-electron chi connectivity index (χ0n) is 15.7. The number of rotatable bonds is 6. The third kappa shape index (κ3) is 3.55. The fourth-order valence-corrected chi connectivity index (χ4v) is 3.40. The van der Waals surface area contributed by atoms with E-state index in [0.717, 1.165) is 11.0 Å². The lowest BCUT2D eigenvalue weighted by Crippen LogP contribution is -2.45. The van der Waals surface area contributed by atoms with E-state index in [1.165, 1.54) is 0 Å². The Bertz CT molecular complexity index is 1010. The van der Waals surface area contributed by atoms with E-state index in [9.17, 15) is 9.59 Å². The zero-order valence-corrected chi connectivity index (χ0v) is 15.7. The molecule has 3 aromatic rings. The number of aromatic nitrogens is 2. The molecule has 0 bridgehead atoms. The predicted molar refractivity (Wildman–Crippen MR) is 106 cm³/mol. The summed E-state index contributed by atoms with van der Waals surface area (Å²) in [7, 11) is 0. The van der Waals surface area contributed by atoms with Gasteiger partial charge in [0.1, 0.15) is 5.75 Å². The van der Waals surface area contributed by atoms with Crippen molar-refractivity contribution in [1.82, 2.24) is 14.9 Å². The van der Waals surface area contributed by atoms with Crippen LogP contribution in [-0.4, -0.2) is 40.6 Å². The largest absolute Gasteiger partial charge is 0.479 e. The Hall–Kier alpha value is -3.35. The van der Waals surface area contributed by atoms with Gasteiger partial charge >= 0.3 is 0 Å². The molecule has 2 amide bonds. The number of nitrogens with one attached hydrogen (secondary N) is 1. The van der Waals surface area contributed by atoms with Gasteiger partial charge in [0, 0.05) is 26.1 Å². The summed E-state index contributed by atoms with van der Waals surface area (Å²) in [6.45, 7) is 3.19. The normalized spacial score (nSPS) is 16.0. The molecular formula is C21H22N4O3. The lowest BCUT2D eigenvalue weighted by Gasteiger charge is -2.32. The first-order valence-electron chi connectivity index (χ1n) is 9.37. The molecule has 1 unspecified atom stereocenters. The summed E-state index contributed by atoms with van der Waals surface area (Å²) in [5.41, 5.74) is 2.69. The van der Waals surface area contributed by atoms with Crippen molar-refractivity contribution in [3.8, 4) is 5.75 Å². The smallest absolute Gasteiger partial charge is 0.267 e. The van der Waals surface area contributed by atoms with Gasteiger partial charge in [0.05, 0.1) is 23.0 Å². The van der Waals surface area contributed by atoms with Crippen molar-refractivity contribution in [2.24, 2.45) is 0 Å². The first kappa shape index (κ1) is 18.0. The highest BCUT2D eigenvalue weighted by atomic mass is 16.5. The summed E-state index contributed by atoms with van der Waals surface area (Å²) >= 11 is 0. The molecule has 1 N–H and O–H groups in total. The Morgan fingerprint density at radius 2 is 1.93 bits per heavy atom. The number of ether oxygens (including phenoxy) is 1. The van der Waals surface area contributed by atoms with Gasteiger partial charge < -0.3 is 19.5 Å². The minimum atomic E-state index is -0.549. The Balaban J connectivity index is 1.31. The molecule has 1 aliphatic rings. The van der Waals surface area contributed by atoms with E-state index in [0.29, 0.717) is 31.1 Å². The van der Waals surface area contributed by atoms with Crippen LogP contribution in [0.25, 0.3) is 11.0 Å². The second-order valence-electron chi connectivity index (χ2n) is 6.74. The number of nitrogens with zero attached hydrogens (tertiary/aromatic N) is 3. The molecule has 0 saturated carbocycles. The number of carbonyl (C=O) groups excluding carboxylic acids is 2.